The Morgan fingerprint density at radius 1 is 1.29 bits per heavy atom. The number of aliphatic imine (C=N–C) groups is 1. The van der Waals surface area contributed by atoms with E-state index in [0.717, 1.165) is 19.6 Å². The van der Waals surface area contributed by atoms with Crippen LogP contribution in [0.1, 0.15) is 39.5 Å². The van der Waals surface area contributed by atoms with Gasteiger partial charge in [-0.15, -0.1) is 0 Å². The molecule has 2 rings (SSSR count). The van der Waals surface area contributed by atoms with Gasteiger partial charge >= 0.3 is 0 Å². The van der Waals surface area contributed by atoms with E-state index in [1.165, 1.54) is 51.9 Å². The van der Waals surface area contributed by atoms with Gasteiger partial charge in [0.05, 0.1) is 0 Å². The Bertz CT molecular complexity index is 331. The average molecular weight is 295 g/mol. The molecule has 0 bridgehead atoms. The molecular formula is C16H33N5. The van der Waals surface area contributed by atoms with Gasteiger partial charge in [-0.05, 0) is 57.8 Å². The molecule has 3 N–H and O–H groups in total. The molecule has 0 aromatic carbocycles. The molecule has 2 fully saturated rings. The number of nitrogens with zero attached hydrogens (tertiary/aromatic N) is 3. The predicted molar refractivity (Wildman–Crippen MR) is 89.6 cm³/mol. The molecule has 21 heavy (non-hydrogen) atoms. The van der Waals surface area contributed by atoms with Crippen LogP contribution in [0.25, 0.3) is 0 Å². The van der Waals surface area contributed by atoms with Crippen molar-refractivity contribution in [3.8, 4) is 0 Å². The molecule has 2 unspecified atom stereocenters. The lowest BCUT2D eigenvalue weighted by Gasteiger charge is -2.23. The first-order valence-electron chi connectivity index (χ1n) is 8.73. The van der Waals surface area contributed by atoms with Crippen LogP contribution >= 0.6 is 0 Å². The van der Waals surface area contributed by atoms with Gasteiger partial charge in [-0.3, -0.25) is 9.89 Å². The van der Waals surface area contributed by atoms with Crippen LogP contribution in [0.2, 0.25) is 0 Å². The van der Waals surface area contributed by atoms with Gasteiger partial charge in [0.25, 0.3) is 0 Å². The van der Waals surface area contributed by atoms with Gasteiger partial charge in [-0.1, -0.05) is 13.8 Å². The van der Waals surface area contributed by atoms with Gasteiger partial charge in [0, 0.05) is 25.7 Å². The van der Waals surface area contributed by atoms with E-state index < -0.39 is 0 Å². The summed E-state index contributed by atoms with van der Waals surface area (Å²) in [5.74, 6) is 1.32. The lowest BCUT2D eigenvalue weighted by atomic mass is 10.1. The Morgan fingerprint density at radius 3 is 2.90 bits per heavy atom. The summed E-state index contributed by atoms with van der Waals surface area (Å²) >= 11 is 0. The third kappa shape index (κ3) is 5.15. The van der Waals surface area contributed by atoms with Crippen molar-refractivity contribution in [1.29, 1.82) is 0 Å². The molecule has 0 aromatic heterocycles. The van der Waals surface area contributed by atoms with Crippen molar-refractivity contribution in [3.63, 3.8) is 0 Å². The maximum atomic E-state index is 6.02. The normalized spacial score (nSPS) is 28.4. The third-order valence-corrected chi connectivity index (χ3v) is 4.85. The molecule has 2 atom stereocenters. The fourth-order valence-corrected chi connectivity index (χ4v) is 3.63. The fourth-order valence-electron chi connectivity index (χ4n) is 3.63. The van der Waals surface area contributed by atoms with Crippen LogP contribution in [0.15, 0.2) is 4.99 Å². The standard InChI is InChI=1S/C16H33N5/c1-3-8-20-10-7-14(13-20)11-18-16(17)19-12-15-6-5-9-21(15)4-2/h14-15H,3-13H2,1-2H3,(H3,17,18,19). The number of likely N-dealkylation sites (tertiary alicyclic amines) is 2. The van der Waals surface area contributed by atoms with E-state index in [1.54, 1.807) is 0 Å². The minimum Gasteiger partial charge on any atom is -0.370 e. The molecule has 5 nitrogen and oxygen atoms in total. The molecule has 0 amide bonds. The summed E-state index contributed by atoms with van der Waals surface area (Å²) in [6.07, 6.45) is 5.10. The van der Waals surface area contributed by atoms with E-state index >= 15 is 0 Å². The van der Waals surface area contributed by atoms with Gasteiger partial charge < -0.3 is 16.0 Å². The van der Waals surface area contributed by atoms with Crippen LogP contribution in [-0.4, -0.2) is 67.6 Å². The number of hydrogen-bond donors (Lipinski definition) is 2. The highest BCUT2D eigenvalue weighted by Gasteiger charge is 2.23. The number of guanidine groups is 1. The van der Waals surface area contributed by atoms with Crippen molar-refractivity contribution in [2.24, 2.45) is 16.6 Å². The smallest absolute Gasteiger partial charge is 0.188 e. The van der Waals surface area contributed by atoms with Crippen LogP contribution in [0.5, 0.6) is 0 Å². The van der Waals surface area contributed by atoms with Crippen molar-refractivity contribution >= 4 is 5.96 Å². The number of nitrogens with one attached hydrogen (secondary N) is 1. The van der Waals surface area contributed by atoms with E-state index in [9.17, 15) is 0 Å². The van der Waals surface area contributed by atoms with Gasteiger partial charge in [-0.25, -0.2) is 0 Å². The Hall–Kier alpha value is -0.810. The molecule has 0 aromatic rings. The molecule has 0 spiro atoms. The zero-order valence-corrected chi connectivity index (χ0v) is 13.9. The first-order chi connectivity index (χ1) is 10.2. The monoisotopic (exact) mass is 295 g/mol. The Kier molecular flexibility index (Phi) is 6.77. The predicted octanol–water partition coefficient (Wildman–Crippen LogP) is 1.11. The minimum atomic E-state index is 0.631. The highest BCUT2D eigenvalue weighted by atomic mass is 15.2. The van der Waals surface area contributed by atoms with Gasteiger partial charge in [0.1, 0.15) is 0 Å². The summed E-state index contributed by atoms with van der Waals surface area (Å²) in [7, 11) is 0. The first kappa shape index (κ1) is 16.6. The first-order valence-corrected chi connectivity index (χ1v) is 8.73. The largest absolute Gasteiger partial charge is 0.370 e. The summed E-state index contributed by atoms with van der Waals surface area (Å²) in [5.41, 5.74) is 6.02. The highest BCUT2D eigenvalue weighted by Crippen LogP contribution is 2.17. The molecule has 0 aliphatic carbocycles. The summed E-state index contributed by atoms with van der Waals surface area (Å²) in [5, 5.41) is 3.32. The van der Waals surface area contributed by atoms with Crippen molar-refractivity contribution in [3.05, 3.63) is 0 Å². The maximum Gasteiger partial charge on any atom is 0.188 e. The zero-order valence-electron chi connectivity index (χ0n) is 13.9. The Labute approximate surface area is 130 Å². The number of hydrogen-bond acceptors (Lipinski definition) is 3. The third-order valence-electron chi connectivity index (χ3n) is 4.85. The molecule has 2 heterocycles. The fraction of sp³-hybridized carbons (Fsp3) is 0.938. The average Bonchev–Trinajstić information content (AvgIpc) is 3.12. The summed E-state index contributed by atoms with van der Waals surface area (Å²) in [6, 6.07) is 0.635. The summed E-state index contributed by atoms with van der Waals surface area (Å²) in [6.45, 7) is 12.3. The molecule has 0 radical (unpaired) electrons. The van der Waals surface area contributed by atoms with Crippen molar-refractivity contribution in [1.82, 2.24) is 15.1 Å². The van der Waals surface area contributed by atoms with Gasteiger partial charge in [0.15, 0.2) is 5.96 Å². The summed E-state index contributed by atoms with van der Waals surface area (Å²) in [4.78, 5) is 9.62. The van der Waals surface area contributed by atoms with Crippen LogP contribution < -0.4 is 11.1 Å². The molecule has 122 valence electrons. The minimum absolute atomic E-state index is 0.631. The number of likely N-dealkylation sites (N-methyl/N-ethyl adjacent to an activating group) is 1. The maximum absolute atomic E-state index is 6.02. The van der Waals surface area contributed by atoms with E-state index in [2.05, 4.69) is 34.0 Å². The second-order valence-corrected chi connectivity index (χ2v) is 6.49. The Morgan fingerprint density at radius 2 is 2.14 bits per heavy atom. The van der Waals surface area contributed by atoms with E-state index in [4.69, 9.17) is 5.73 Å². The molecule has 2 saturated heterocycles. The van der Waals surface area contributed by atoms with Crippen LogP contribution in [0, 0.1) is 5.92 Å². The molecule has 2 aliphatic rings. The topological polar surface area (TPSA) is 56.9 Å². The van der Waals surface area contributed by atoms with Crippen LogP contribution in [-0.2, 0) is 0 Å². The quantitative estimate of drug-likeness (QED) is 0.546. The zero-order chi connectivity index (χ0) is 15.1. The van der Waals surface area contributed by atoms with E-state index in [1.807, 2.05) is 0 Å². The molecule has 2 aliphatic heterocycles. The molecule has 0 saturated carbocycles. The van der Waals surface area contributed by atoms with Crippen LogP contribution in [0.4, 0.5) is 0 Å². The second-order valence-electron chi connectivity index (χ2n) is 6.49. The van der Waals surface area contributed by atoms with Crippen molar-refractivity contribution < 1.29 is 0 Å². The van der Waals surface area contributed by atoms with Crippen molar-refractivity contribution in [2.75, 3.05) is 45.8 Å². The van der Waals surface area contributed by atoms with E-state index in [0.29, 0.717) is 17.9 Å². The summed E-state index contributed by atoms with van der Waals surface area (Å²) < 4.78 is 0. The lowest BCUT2D eigenvalue weighted by Crippen LogP contribution is -2.42. The SMILES string of the molecule is CCCN1CCC(CN=C(N)NCC2CCCN2CC)C1. The van der Waals surface area contributed by atoms with Gasteiger partial charge in [-0.2, -0.15) is 0 Å². The highest BCUT2D eigenvalue weighted by molar-refractivity contribution is 5.77. The molecule has 5 heteroatoms. The number of rotatable bonds is 7. The Balaban J connectivity index is 1.65. The number of nitrogens with two attached hydrogens (primary N) is 1. The van der Waals surface area contributed by atoms with Crippen LogP contribution in [0.3, 0.4) is 0 Å². The second kappa shape index (κ2) is 8.59. The van der Waals surface area contributed by atoms with Crippen molar-refractivity contribution in [2.45, 2.75) is 45.6 Å². The van der Waals surface area contributed by atoms with Gasteiger partial charge in [0.2, 0.25) is 0 Å². The lowest BCUT2D eigenvalue weighted by molar-refractivity contribution is 0.267. The van der Waals surface area contributed by atoms with E-state index in [-0.39, 0.29) is 0 Å². The molecular weight excluding hydrogens is 262 g/mol.